The standard InChI is InChI=1S/C7H10O2/c1-3-6(2)7-8-4-5-9-7/h3H,1,4-5H2,2H3. The molecule has 0 aliphatic carbocycles. The lowest BCUT2D eigenvalue weighted by Crippen LogP contribution is -1.83. The zero-order valence-electron chi connectivity index (χ0n) is 5.52. The molecular weight excluding hydrogens is 116 g/mol. The fourth-order valence-corrected chi connectivity index (χ4v) is 0.621. The summed E-state index contributed by atoms with van der Waals surface area (Å²) in [5, 5.41) is 0. The summed E-state index contributed by atoms with van der Waals surface area (Å²) in [6.45, 7) is 6.83. The van der Waals surface area contributed by atoms with Crippen molar-refractivity contribution in [2.45, 2.75) is 6.92 Å². The molecule has 1 aliphatic heterocycles. The molecule has 0 amide bonds. The molecule has 0 saturated carbocycles. The molecule has 1 rings (SSSR count). The van der Waals surface area contributed by atoms with Gasteiger partial charge in [0.2, 0.25) is 0 Å². The zero-order valence-corrected chi connectivity index (χ0v) is 5.52. The van der Waals surface area contributed by atoms with Crippen LogP contribution in [-0.2, 0) is 9.47 Å². The lowest BCUT2D eigenvalue weighted by molar-refractivity contribution is 0.172. The van der Waals surface area contributed by atoms with Gasteiger partial charge in [-0.1, -0.05) is 12.7 Å². The minimum atomic E-state index is 0.630. The Balaban J connectivity index is 2.66. The van der Waals surface area contributed by atoms with E-state index < -0.39 is 0 Å². The van der Waals surface area contributed by atoms with Crippen molar-refractivity contribution in [3.05, 3.63) is 24.2 Å². The van der Waals surface area contributed by atoms with Gasteiger partial charge in [0.1, 0.15) is 13.2 Å². The van der Waals surface area contributed by atoms with Crippen LogP contribution in [0.15, 0.2) is 24.2 Å². The van der Waals surface area contributed by atoms with Crippen molar-refractivity contribution in [1.82, 2.24) is 0 Å². The Labute approximate surface area is 54.8 Å². The third-order valence-electron chi connectivity index (χ3n) is 1.18. The van der Waals surface area contributed by atoms with E-state index in [0.717, 1.165) is 5.57 Å². The topological polar surface area (TPSA) is 18.5 Å². The second-order valence-corrected chi connectivity index (χ2v) is 1.87. The first-order chi connectivity index (χ1) is 4.34. The number of hydrogen-bond donors (Lipinski definition) is 0. The third-order valence-corrected chi connectivity index (χ3v) is 1.18. The minimum Gasteiger partial charge on any atom is -0.462 e. The summed E-state index contributed by atoms with van der Waals surface area (Å²) >= 11 is 0. The van der Waals surface area contributed by atoms with Crippen molar-refractivity contribution in [3.63, 3.8) is 0 Å². The van der Waals surface area contributed by atoms with Crippen LogP contribution in [0.5, 0.6) is 0 Å². The van der Waals surface area contributed by atoms with Crippen LogP contribution >= 0.6 is 0 Å². The summed E-state index contributed by atoms with van der Waals surface area (Å²) < 4.78 is 10.2. The van der Waals surface area contributed by atoms with E-state index in [4.69, 9.17) is 9.47 Å². The highest BCUT2D eigenvalue weighted by molar-refractivity contribution is 5.14. The van der Waals surface area contributed by atoms with Crippen LogP contribution in [0.2, 0.25) is 0 Å². The predicted molar refractivity (Wildman–Crippen MR) is 34.8 cm³/mol. The van der Waals surface area contributed by atoms with Gasteiger partial charge in [-0.2, -0.15) is 0 Å². The SMILES string of the molecule is C=CC(C)=C1OCCO1. The average molecular weight is 126 g/mol. The number of ether oxygens (including phenoxy) is 2. The van der Waals surface area contributed by atoms with Gasteiger partial charge in [-0.05, 0) is 6.92 Å². The highest BCUT2D eigenvalue weighted by Crippen LogP contribution is 2.13. The number of hydrogen-bond acceptors (Lipinski definition) is 2. The van der Waals surface area contributed by atoms with E-state index in [1.54, 1.807) is 6.08 Å². The highest BCUT2D eigenvalue weighted by Gasteiger charge is 2.09. The van der Waals surface area contributed by atoms with Crippen molar-refractivity contribution >= 4 is 0 Å². The normalized spacial score (nSPS) is 16.3. The molecule has 0 unspecified atom stereocenters. The molecule has 0 aromatic rings. The maximum Gasteiger partial charge on any atom is 0.282 e. The van der Waals surface area contributed by atoms with Crippen molar-refractivity contribution in [1.29, 1.82) is 0 Å². The van der Waals surface area contributed by atoms with Gasteiger partial charge in [0.15, 0.2) is 0 Å². The van der Waals surface area contributed by atoms with Gasteiger partial charge in [0.05, 0.1) is 0 Å². The Kier molecular flexibility index (Phi) is 1.78. The minimum absolute atomic E-state index is 0.630. The molecule has 0 aromatic heterocycles. The van der Waals surface area contributed by atoms with Crippen molar-refractivity contribution in [2.24, 2.45) is 0 Å². The van der Waals surface area contributed by atoms with Crippen LogP contribution in [-0.4, -0.2) is 13.2 Å². The van der Waals surface area contributed by atoms with Crippen LogP contribution in [0.25, 0.3) is 0 Å². The molecule has 1 aliphatic rings. The van der Waals surface area contributed by atoms with Crippen molar-refractivity contribution < 1.29 is 9.47 Å². The zero-order chi connectivity index (χ0) is 6.69. The average Bonchev–Trinajstić information content (AvgIpc) is 2.37. The highest BCUT2D eigenvalue weighted by atomic mass is 16.7. The predicted octanol–water partition coefficient (Wildman–Crippen LogP) is 1.45. The van der Waals surface area contributed by atoms with Crippen LogP contribution in [0.3, 0.4) is 0 Å². The van der Waals surface area contributed by atoms with E-state index >= 15 is 0 Å². The van der Waals surface area contributed by atoms with E-state index in [1.807, 2.05) is 6.92 Å². The van der Waals surface area contributed by atoms with Crippen LogP contribution in [0.4, 0.5) is 0 Å². The van der Waals surface area contributed by atoms with Crippen molar-refractivity contribution in [3.8, 4) is 0 Å². The van der Waals surface area contributed by atoms with E-state index in [2.05, 4.69) is 6.58 Å². The van der Waals surface area contributed by atoms with E-state index in [0.29, 0.717) is 19.2 Å². The molecular formula is C7H10O2. The van der Waals surface area contributed by atoms with Gasteiger partial charge < -0.3 is 9.47 Å². The van der Waals surface area contributed by atoms with Crippen molar-refractivity contribution in [2.75, 3.05) is 13.2 Å². The summed E-state index contributed by atoms with van der Waals surface area (Å²) in [7, 11) is 0. The van der Waals surface area contributed by atoms with Crippen LogP contribution in [0.1, 0.15) is 6.92 Å². The Bertz CT molecular complexity index is 139. The molecule has 1 saturated heterocycles. The lowest BCUT2D eigenvalue weighted by atomic mass is 10.3. The Morgan fingerprint density at radius 1 is 1.56 bits per heavy atom. The lowest BCUT2D eigenvalue weighted by Gasteiger charge is -1.97. The Hall–Kier alpha value is -0.920. The van der Waals surface area contributed by atoms with Gasteiger partial charge in [-0.15, -0.1) is 0 Å². The Morgan fingerprint density at radius 3 is 2.56 bits per heavy atom. The molecule has 0 bridgehead atoms. The first-order valence-electron chi connectivity index (χ1n) is 2.93. The number of allylic oxidation sites excluding steroid dienone is 2. The molecule has 50 valence electrons. The molecule has 2 nitrogen and oxygen atoms in total. The van der Waals surface area contributed by atoms with Crippen LogP contribution < -0.4 is 0 Å². The molecule has 9 heavy (non-hydrogen) atoms. The fourth-order valence-electron chi connectivity index (χ4n) is 0.621. The summed E-state index contributed by atoms with van der Waals surface area (Å²) in [6.07, 6.45) is 1.72. The summed E-state index contributed by atoms with van der Waals surface area (Å²) in [5.74, 6) is 0.630. The molecule has 1 fully saturated rings. The van der Waals surface area contributed by atoms with Crippen LogP contribution in [0, 0.1) is 0 Å². The fraction of sp³-hybridized carbons (Fsp3) is 0.429. The largest absolute Gasteiger partial charge is 0.462 e. The third kappa shape index (κ3) is 1.25. The van der Waals surface area contributed by atoms with E-state index in [-0.39, 0.29) is 0 Å². The first-order valence-corrected chi connectivity index (χ1v) is 2.93. The van der Waals surface area contributed by atoms with Gasteiger partial charge >= 0.3 is 0 Å². The summed E-state index contributed by atoms with van der Waals surface area (Å²) in [6, 6.07) is 0. The monoisotopic (exact) mass is 126 g/mol. The molecule has 2 heteroatoms. The molecule has 0 N–H and O–H groups in total. The quantitative estimate of drug-likeness (QED) is 0.529. The smallest absolute Gasteiger partial charge is 0.282 e. The second-order valence-electron chi connectivity index (χ2n) is 1.87. The summed E-state index contributed by atoms with van der Waals surface area (Å²) in [4.78, 5) is 0. The van der Waals surface area contributed by atoms with Gasteiger partial charge in [-0.25, -0.2) is 0 Å². The van der Waals surface area contributed by atoms with Gasteiger partial charge in [0, 0.05) is 5.57 Å². The van der Waals surface area contributed by atoms with Gasteiger partial charge in [-0.3, -0.25) is 0 Å². The molecule has 0 aromatic carbocycles. The maximum absolute atomic E-state index is 5.09. The first kappa shape index (κ1) is 6.20. The Morgan fingerprint density at radius 2 is 2.11 bits per heavy atom. The summed E-state index contributed by atoms with van der Waals surface area (Å²) in [5.41, 5.74) is 0.965. The molecule has 0 spiro atoms. The van der Waals surface area contributed by atoms with E-state index in [1.165, 1.54) is 0 Å². The number of rotatable bonds is 1. The second kappa shape index (κ2) is 2.58. The van der Waals surface area contributed by atoms with E-state index in [9.17, 15) is 0 Å². The molecule has 0 radical (unpaired) electrons. The molecule has 0 atom stereocenters. The molecule has 1 heterocycles. The maximum atomic E-state index is 5.09. The van der Waals surface area contributed by atoms with Gasteiger partial charge in [0.25, 0.3) is 5.95 Å².